The smallest absolute Gasteiger partial charge is 0.163 e. The summed E-state index contributed by atoms with van der Waals surface area (Å²) in [7, 11) is 0. The molecule has 4 nitrogen and oxygen atoms in total. The quantitative estimate of drug-likeness (QED) is 0.612. The summed E-state index contributed by atoms with van der Waals surface area (Å²) in [5.41, 5.74) is 0.250. The van der Waals surface area contributed by atoms with E-state index in [0.29, 0.717) is 17.9 Å². The summed E-state index contributed by atoms with van der Waals surface area (Å²) in [5.74, 6) is 0.751. The Hall–Kier alpha value is -0.160. The Bertz CT molecular complexity index is 611. The first-order chi connectivity index (χ1) is 12.7. The maximum Gasteiger partial charge on any atom is 0.163 e. The Morgan fingerprint density at radius 2 is 1.67 bits per heavy atom. The van der Waals surface area contributed by atoms with Crippen molar-refractivity contribution in [2.45, 2.75) is 103 Å². The summed E-state index contributed by atoms with van der Waals surface area (Å²) < 4.78 is 25.6. The zero-order valence-electron chi connectivity index (χ0n) is 17.9. The molecule has 2 saturated carbocycles. The fourth-order valence-electron chi connectivity index (χ4n) is 7.86. The van der Waals surface area contributed by atoms with Crippen LogP contribution in [0.1, 0.15) is 79.6 Å². The van der Waals surface area contributed by atoms with Crippen LogP contribution in [0.5, 0.6) is 0 Å². The first kappa shape index (κ1) is 18.8. The van der Waals surface area contributed by atoms with E-state index in [4.69, 9.17) is 18.9 Å². The van der Waals surface area contributed by atoms with Gasteiger partial charge in [0.15, 0.2) is 5.79 Å². The van der Waals surface area contributed by atoms with Gasteiger partial charge in [-0.2, -0.15) is 0 Å². The highest BCUT2D eigenvalue weighted by Crippen LogP contribution is 2.69. The second-order valence-corrected chi connectivity index (χ2v) is 11.3. The standard InChI is InChI=1S/C23H38O4/c1-16-6-7-17-20(4)14-25-19(2,3)26-18(20)8-9-21(17,5)23(16)11-10-22(27-23)12-13-24-15-22/h16-18H,6-15H2,1-5H3/t16-,17+,18-,20+,21+,22+,23+/m1/s1. The Balaban J connectivity index is 1.51. The predicted molar refractivity (Wildman–Crippen MR) is 103 cm³/mol. The van der Waals surface area contributed by atoms with Crippen LogP contribution < -0.4 is 0 Å². The van der Waals surface area contributed by atoms with Crippen molar-refractivity contribution in [3.63, 3.8) is 0 Å². The SMILES string of the molecule is C[C@@H]1CC[C@H]2[C@]3(C)COC(C)(C)O[C@@H]3CC[C@]2(C)[C@]12CC[C@@]1(CCOC1)O2. The Morgan fingerprint density at radius 1 is 0.852 bits per heavy atom. The van der Waals surface area contributed by atoms with E-state index in [0.717, 1.165) is 32.7 Å². The molecular weight excluding hydrogens is 340 g/mol. The second-order valence-electron chi connectivity index (χ2n) is 11.3. The van der Waals surface area contributed by atoms with E-state index < -0.39 is 5.79 Å². The minimum atomic E-state index is -0.452. The van der Waals surface area contributed by atoms with Gasteiger partial charge in [-0.3, -0.25) is 0 Å². The Kier molecular flexibility index (Phi) is 3.99. The molecule has 3 saturated heterocycles. The molecule has 0 bridgehead atoms. The van der Waals surface area contributed by atoms with Crippen molar-refractivity contribution in [2.24, 2.45) is 22.7 Å². The van der Waals surface area contributed by atoms with Gasteiger partial charge in [-0.25, -0.2) is 0 Å². The number of hydrogen-bond donors (Lipinski definition) is 0. The summed E-state index contributed by atoms with van der Waals surface area (Å²) in [4.78, 5) is 0. The Morgan fingerprint density at radius 3 is 2.41 bits per heavy atom. The molecule has 0 radical (unpaired) electrons. The average molecular weight is 379 g/mol. The lowest BCUT2D eigenvalue weighted by Gasteiger charge is -2.67. The molecule has 0 amide bonds. The molecule has 0 unspecified atom stereocenters. The third-order valence-electron chi connectivity index (χ3n) is 9.45. The lowest BCUT2D eigenvalue weighted by Crippen LogP contribution is -2.68. The van der Waals surface area contributed by atoms with Gasteiger partial charge in [0.1, 0.15) is 0 Å². The fraction of sp³-hybridized carbons (Fsp3) is 1.00. The molecule has 2 aliphatic carbocycles. The fourth-order valence-corrected chi connectivity index (χ4v) is 7.86. The molecule has 5 rings (SSSR count). The number of ether oxygens (including phenoxy) is 4. The van der Waals surface area contributed by atoms with Crippen LogP contribution in [0.3, 0.4) is 0 Å². The number of fused-ring (bicyclic) bond motifs is 4. The average Bonchev–Trinajstić information content (AvgIpc) is 3.23. The van der Waals surface area contributed by atoms with Crippen LogP contribution in [0.2, 0.25) is 0 Å². The molecule has 2 spiro atoms. The van der Waals surface area contributed by atoms with Crippen molar-refractivity contribution >= 4 is 0 Å². The highest BCUT2D eigenvalue weighted by Gasteiger charge is 2.70. The lowest BCUT2D eigenvalue weighted by molar-refractivity contribution is -0.358. The second kappa shape index (κ2) is 5.71. The topological polar surface area (TPSA) is 36.9 Å². The van der Waals surface area contributed by atoms with E-state index in [2.05, 4.69) is 34.6 Å². The first-order valence-electron chi connectivity index (χ1n) is 11.2. The summed E-state index contributed by atoms with van der Waals surface area (Å²) in [6.07, 6.45) is 8.58. The number of rotatable bonds is 0. The van der Waals surface area contributed by atoms with Gasteiger partial charge in [0.2, 0.25) is 0 Å². The molecule has 154 valence electrons. The van der Waals surface area contributed by atoms with Gasteiger partial charge in [-0.05, 0) is 64.2 Å². The third kappa shape index (κ3) is 2.42. The van der Waals surface area contributed by atoms with E-state index in [1.807, 2.05) is 0 Å². The molecule has 3 aliphatic heterocycles. The van der Waals surface area contributed by atoms with Gasteiger partial charge >= 0.3 is 0 Å². The van der Waals surface area contributed by atoms with Crippen LogP contribution in [-0.4, -0.2) is 42.9 Å². The monoisotopic (exact) mass is 378 g/mol. The molecule has 27 heavy (non-hydrogen) atoms. The van der Waals surface area contributed by atoms with E-state index in [-0.39, 0.29) is 22.0 Å². The maximum absolute atomic E-state index is 7.18. The summed E-state index contributed by atoms with van der Waals surface area (Å²) in [6, 6.07) is 0. The van der Waals surface area contributed by atoms with Crippen molar-refractivity contribution in [3.05, 3.63) is 0 Å². The normalized spacial score (nSPS) is 57.0. The molecule has 0 N–H and O–H groups in total. The van der Waals surface area contributed by atoms with Crippen LogP contribution in [0.15, 0.2) is 0 Å². The van der Waals surface area contributed by atoms with Crippen molar-refractivity contribution < 1.29 is 18.9 Å². The van der Waals surface area contributed by atoms with E-state index in [9.17, 15) is 0 Å². The summed E-state index contributed by atoms with van der Waals surface area (Å²) >= 11 is 0. The largest absolute Gasteiger partial charge is 0.378 e. The van der Waals surface area contributed by atoms with Crippen molar-refractivity contribution in [1.82, 2.24) is 0 Å². The maximum atomic E-state index is 7.18. The van der Waals surface area contributed by atoms with Crippen LogP contribution in [0.4, 0.5) is 0 Å². The van der Waals surface area contributed by atoms with E-state index >= 15 is 0 Å². The summed E-state index contributed by atoms with van der Waals surface area (Å²) in [5, 5.41) is 0. The molecular formula is C23H38O4. The van der Waals surface area contributed by atoms with Gasteiger partial charge in [0.25, 0.3) is 0 Å². The van der Waals surface area contributed by atoms with Gasteiger partial charge < -0.3 is 18.9 Å². The van der Waals surface area contributed by atoms with E-state index in [1.54, 1.807) is 0 Å². The minimum Gasteiger partial charge on any atom is -0.378 e. The molecule has 4 heteroatoms. The van der Waals surface area contributed by atoms with Crippen molar-refractivity contribution in [1.29, 1.82) is 0 Å². The molecule has 0 aromatic carbocycles. The summed E-state index contributed by atoms with van der Waals surface area (Å²) in [6.45, 7) is 14.0. The van der Waals surface area contributed by atoms with Crippen LogP contribution in [0.25, 0.3) is 0 Å². The molecule has 3 heterocycles. The lowest BCUT2D eigenvalue weighted by atomic mass is 9.43. The third-order valence-corrected chi connectivity index (χ3v) is 9.45. The first-order valence-corrected chi connectivity index (χ1v) is 11.2. The van der Waals surface area contributed by atoms with Gasteiger partial charge in [0, 0.05) is 23.9 Å². The highest BCUT2D eigenvalue weighted by molar-refractivity contribution is 5.18. The van der Waals surface area contributed by atoms with Gasteiger partial charge in [0.05, 0.1) is 30.5 Å². The minimum absolute atomic E-state index is 0.00936. The molecule has 5 aliphatic rings. The van der Waals surface area contributed by atoms with Crippen molar-refractivity contribution in [3.8, 4) is 0 Å². The van der Waals surface area contributed by atoms with Gasteiger partial charge in [-0.15, -0.1) is 0 Å². The Labute approximate surface area is 164 Å². The van der Waals surface area contributed by atoms with Crippen LogP contribution in [-0.2, 0) is 18.9 Å². The highest BCUT2D eigenvalue weighted by atomic mass is 16.7. The van der Waals surface area contributed by atoms with Gasteiger partial charge in [-0.1, -0.05) is 20.8 Å². The molecule has 0 aromatic rings. The zero-order valence-corrected chi connectivity index (χ0v) is 17.9. The van der Waals surface area contributed by atoms with Crippen molar-refractivity contribution in [2.75, 3.05) is 19.8 Å². The van der Waals surface area contributed by atoms with E-state index in [1.165, 1.54) is 32.1 Å². The molecule has 7 atom stereocenters. The molecule has 0 aromatic heterocycles. The van der Waals surface area contributed by atoms with Crippen LogP contribution in [0, 0.1) is 22.7 Å². The molecule has 5 fully saturated rings. The predicted octanol–water partition coefficient (Wildman–Crippen LogP) is 4.70. The zero-order chi connectivity index (χ0) is 19.1. The van der Waals surface area contributed by atoms with Crippen LogP contribution >= 0.6 is 0 Å². The number of hydrogen-bond acceptors (Lipinski definition) is 4.